The van der Waals surface area contributed by atoms with E-state index in [1.165, 1.54) is 0 Å². The Balaban J connectivity index is 2.55. The van der Waals surface area contributed by atoms with E-state index in [4.69, 9.17) is 22.1 Å². The number of ether oxygens (including phenoxy) is 1. The van der Waals surface area contributed by atoms with Crippen LogP contribution < -0.4 is 11.1 Å². The first-order valence-electron chi connectivity index (χ1n) is 4.97. The number of nitrogens with two attached hydrogens (primary N) is 1. The van der Waals surface area contributed by atoms with Gasteiger partial charge in [-0.25, -0.2) is 0 Å². The maximum Gasteiger partial charge on any atom is 0.253 e. The molecule has 5 heteroatoms. The molecule has 16 heavy (non-hydrogen) atoms. The van der Waals surface area contributed by atoms with Crippen LogP contribution in [0.25, 0.3) is 0 Å². The summed E-state index contributed by atoms with van der Waals surface area (Å²) in [4.78, 5) is 11.7. The van der Waals surface area contributed by atoms with E-state index in [1.54, 1.807) is 25.3 Å². The molecule has 0 aliphatic carbocycles. The number of rotatable bonds is 5. The quantitative estimate of drug-likeness (QED) is 0.610. The SMILES string of the molecule is COCCCNC(=O)c1cc(Cl)ccc1N. The van der Waals surface area contributed by atoms with Crippen LogP contribution in [0.2, 0.25) is 5.02 Å². The van der Waals surface area contributed by atoms with Crippen LogP contribution in [0.1, 0.15) is 16.8 Å². The Hall–Kier alpha value is -1.26. The molecule has 1 amide bonds. The van der Waals surface area contributed by atoms with Gasteiger partial charge in [0.05, 0.1) is 5.56 Å². The van der Waals surface area contributed by atoms with Gasteiger partial charge in [0.1, 0.15) is 0 Å². The van der Waals surface area contributed by atoms with E-state index in [9.17, 15) is 4.79 Å². The van der Waals surface area contributed by atoms with Crippen molar-refractivity contribution in [3.63, 3.8) is 0 Å². The first kappa shape index (κ1) is 12.8. The summed E-state index contributed by atoms with van der Waals surface area (Å²) >= 11 is 5.79. The van der Waals surface area contributed by atoms with Crippen molar-refractivity contribution in [2.45, 2.75) is 6.42 Å². The second kappa shape index (κ2) is 6.35. The van der Waals surface area contributed by atoms with Crippen molar-refractivity contribution in [1.82, 2.24) is 5.32 Å². The van der Waals surface area contributed by atoms with Gasteiger partial charge in [0, 0.05) is 31.0 Å². The first-order chi connectivity index (χ1) is 7.65. The van der Waals surface area contributed by atoms with Gasteiger partial charge in [-0.2, -0.15) is 0 Å². The number of halogens is 1. The van der Waals surface area contributed by atoms with E-state index in [0.717, 1.165) is 6.42 Å². The minimum absolute atomic E-state index is 0.212. The zero-order valence-corrected chi connectivity index (χ0v) is 9.88. The molecule has 4 nitrogen and oxygen atoms in total. The normalized spacial score (nSPS) is 10.1. The van der Waals surface area contributed by atoms with Crippen LogP contribution in [0.5, 0.6) is 0 Å². The number of carbonyl (C=O) groups excluding carboxylic acids is 1. The van der Waals surface area contributed by atoms with Gasteiger partial charge in [-0.3, -0.25) is 4.79 Å². The highest BCUT2D eigenvalue weighted by molar-refractivity contribution is 6.31. The molecule has 1 aromatic carbocycles. The molecule has 0 bridgehead atoms. The topological polar surface area (TPSA) is 64.3 Å². The van der Waals surface area contributed by atoms with Crippen LogP contribution in [-0.2, 0) is 4.74 Å². The summed E-state index contributed by atoms with van der Waals surface area (Å²) in [6.07, 6.45) is 0.767. The van der Waals surface area contributed by atoms with Gasteiger partial charge < -0.3 is 15.8 Å². The average Bonchev–Trinajstić information content (AvgIpc) is 2.27. The highest BCUT2D eigenvalue weighted by Gasteiger charge is 2.09. The van der Waals surface area contributed by atoms with E-state index >= 15 is 0 Å². The maximum atomic E-state index is 11.7. The molecule has 0 aromatic heterocycles. The molecular formula is C11H15ClN2O2. The molecule has 0 radical (unpaired) electrons. The van der Waals surface area contributed by atoms with E-state index in [0.29, 0.717) is 29.4 Å². The van der Waals surface area contributed by atoms with Gasteiger partial charge in [0.25, 0.3) is 5.91 Å². The Morgan fingerprint density at radius 2 is 2.31 bits per heavy atom. The van der Waals surface area contributed by atoms with Gasteiger partial charge in [-0.15, -0.1) is 0 Å². The third kappa shape index (κ3) is 3.72. The molecule has 0 heterocycles. The molecular weight excluding hydrogens is 228 g/mol. The molecule has 0 fully saturated rings. The zero-order valence-electron chi connectivity index (χ0n) is 9.13. The molecule has 1 rings (SSSR count). The lowest BCUT2D eigenvalue weighted by Gasteiger charge is -2.07. The monoisotopic (exact) mass is 242 g/mol. The second-order valence-corrected chi connectivity index (χ2v) is 3.77. The van der Waals surface area contributed by atoms with E-state index < -0.39 is 0 Å². The molecule has 1 aromatic rings. The molecule has 0 aliphatic rings. The van der Waals surface area contributed by atoms with Crippen LogP contribution in [-0.4, -0.2) is 26.2 Å². The molecule has 0 aliphatic heterocycles. The molecule has 0 saturated heterocycles. The fourth-order valence-electron chi connectivity index (χ4n) is 1.24. The smallest absolute Gasteiger partial charge is 0.253 e. The number of anilines is 1. The van der Waals surface area contributed by atoms with Crippen molar-refractivity contribution in [1.29, 1.82) is 0 Å². The summed E-state index contributed by atoms with van der Waals surface area (Å²) in [5, 5.41) is 3.24. The lowest BCUT2D eigenvalue weighted by molar-refractivity contribution is 0.0949. The van der Waals surface area contributed by atoms with E-state index in [-0.39, 0.29) is 5.91 Å². The number of carbonyl (C=O) groups is 1. The van der Waals surface area contributed by atoms with Crippen molar-refractivity contribution < 1.29 is 9.53 Å². The Kier molecular flexibility index (Phi) is 5.08. The number of benzene rings is 1. The first-order valence-corrected chi connectivity index (χ1v) is 5.35. The second-order valence-electron chi connectivity index (χ2n) is 3.33. The Labute approximate surface area is 99.7 Å². The molecule has 0 unspecified atom stereocenters. The van der Waals surface area contributed by atoms with Crippen LogP contribution in [0.15, 0.2) is 18.2 Å². The third-order valence-corrected chi connectivity index (χ3v) is 2.31. The van der Waals surface area contributed by atoms with Gasteiger partial charge in [0.15, 0.2) is 0 Å². The predicted octanol–water partition coefficient (Wildman–Crippen LogP) is 1.69. The van der Waals surface area contributed by atoms with E-state index in [1.807, 2.05) is 0 Å². The van der Waals surface area contributed by atoms with Crippen molar-refractivity contribution in [2.75, 3.05) is 26.0 Å². The number of amides is 1. The van der Waals surface area contributed by atoms with Crippen LogP contribution in [0, 0.1) is 0 Å². The summed E-state index contributed by atoms with van der Waals surface area (Å²) in [7, 11) is 1.62. The van der Waals surface area contributed by atoms with Crippen molar-refractivity contribution >= 4 is 23.2 Å². The molecule has 0 saturated carbocycles. The minimum Gasteiger partial charge on any atom is -0.398 e. The average molecular weight is 243 g/mol. The molecule has 88 valence electrons. The molecule has 3 N–H and O–H groups in total. The van der Waals surface area contributed by atoms with E-state index in [2.05, 4.69) is 5.32 Å². The highest BCUT2D eigenvalue weighted by atomic mass is 35.5. The van der Waals surface area contributed by atoms with Crippen molar-refractivity contribution in [3.8, 4) is 0 Å². The fraction of sp³-hybridized carbons (Fsp3) is 0.364. The molecule has 0 atom stereocenters. The summed E-state index contributed by atoms with van der Waals surface area (Å²) < 4.78 is 4.88. The molecule has 0 spiro atoms. The summed E-state index contributed by atoms with van der Waals surface area (Å²) in [5.74, 6) is -0.212. The predicted molar refractivity (Wildman–Crippen MR) is 64.7 cm³/mol. The fourth-order valence-corrected chi connectivity index (χ4v) is 1.41. The van der Waals surface area contributed by atoms with Crippen molar-refractivity contribution in [2.24, 2.45) is 0 Å². The lowest BCUT2D eigenvalue weighted by Crippen LogP contribution is -2.26. The standard InChI is InChI=1S/C11H15ClN2O2/c1-16-6-2-5-14-11(15)9-7-8(12)3-4-10(9)13/h3-4,7H,2,5-6,13H2,1H3,(H,14,15). The Morgan fingerprint density at radius 1 is 1.56 bits per heavy atom. The van der Waals surface area contributed by atoms with Gasteiger partial charge in [-0.1, -0.05) is 11.6 Å². The number of hydrogen-bond acceptors (Lipinski definition) is 3. The lowest BCUT2D eigenvalue weighted by atomic mass is 10.1. The van der Waals surface area contributed by atoms with Gasteiger partial charge >= 0.3 is 0 Å². The van der Waals surface area contributed by atoms with Gasteiger partial charge in [0.2, 0.25) is 0 Å². The Morgan fingerprint density at radius 3 is 3.00 bits per heavy atom. The van der Waals surface area contributed by atoms with Crippen LogP contribution in [0.3, 0.4) is 0 Å². The van der Waals surface area contributed by atoms with Crippen molar-refractivity contribution in [3.05, 3.63) is 28.8 Å². The third-order valence-electron chi connectivity index (χ3n) is 2.07. The largest absolute Gasteiger partial charge is 0.398 e. The number of hydrogen-bond donors (Lipinski definition) is 2. The highest BCUT2D eigenvalue weighted by Crippen LogP contribution is 2.17. The number of nitrogens with one attached hydrogen (secondary N) is 1. The van der Waals surface area contributed by atoms with Crippen LogP contribution >= 0.6 is 11.6 Å². The summed E-state index contributed by atoms with van der Waals surface area (Å²) in [5.41, 5.74) is 6.51. The maximum absolute atomic E-state index is 11.7. The number of methoxy groups -OCH3 is 1. The Bertz CT molecular complexity index is 369. The summed E-state index contributed by atoms with van der Waals surface area (Å²) in [6.45, 7) is 1.17. The zero-order chi connectivity index (χ0) is 12.0. The van der Waals surface area contributed by atoms with Crippen LogP contribution in [0.4, 0.5) is 5.69 Å². The summed E-state index contributed by atoms with van der Waals surface area (Å²) in [6, 6.07) is 4.83. The minimum atomic E-state index is -0.212. The van der Waals surface area contributed by atoms with Gasteiger partial charge in [-0.05, 0) is 24.6 Å². The number of nitrogen functional groups attached to an aromatic ring is 1.